The van der Waals surface area contributed by atoms with E-state index in [1.807, 2.05) is 30.3 Å². The highest BCUT2D eigenvalue weighted by Gasteiger charge is 2.41. The lowest BCUT2D eigenvalue weighted by Crippen LogP contribution is -2.36. The van der Waals surface area contributed by atoms with Gasteiger partial charge in [0.05, 0.1) is 6.04 Å². The molecule has 0 bridgehead atoms. The smallest absolute Gasteiger partial charge is 0.254 e. The Morgan fingerprint density at radius 3 is 2.29 bits per heavy atom. The standard InChI is InChI=1S/C21H19NO2/c23-19-12-13-20(24)22(19)21-17(11-10-15-6-2-1-3-7-15)14-16-8-4-5-9-18(16)21/h1-9,12-13,17,21H,10-11,14H2/t17-,21-/m0/s1. The molecule has 3 heteroatoms. The highest BCUT2D eigenvalue weighted by atomic mass is 16.2. The maximum absolute atomic E-state index is 12.2. The van der Waals surface area contributed by atoms with Crippen molar-refractivity contribution in [1.29, 1.82) is 0 Å². The van der Waals surface area contributed by atoms with Crippen molar-refractivity contribution in [2.45, 2.75) is 25.3 Å². The molecule has 0 aromatic heterocycles. The molecule has 0 saturated heterocycles. The number of amides is 2. The Balaban J connectivity index is 1.61. The topological polar surface area (TPSA) is 37.4 Å². The van der Waals surface area contributed by atoms with Gasteiger partial charge in [-0.2, -0.15) is 0 Å². The summed E-state index contributed by atoms with van der Waals surface area (Å²) in [6, 6.07) is 18.4. The molecule has 0 fully saturated rings. The quantitative estimate of drug-likeness (QED) is 0.810. The summed E-state index contributed by atoms with van der Waals surface area (Å²) >= 11 is 0. The molecule has 3 nitrogen and oxygen atoms in total. The Morgan fingerprint density at radius 1 is 0.875 bits per heavy atom. The fourth-order valence-corrected chi connectivity index (χ4v) is 3.95. The van der Waals surface area contributed by atoms with Gasteiger partial charge in [0.2, 0.25) is 0 Å². The summed E-state index contributed by atoms with van der Waals surface area (Å²) in [5, 5.41) is 0. The lowest BCUT2D eigenvalue weighted by atomic mass is 9.92. The van der Waals surface area contributed by atoms with Crippen LogP contribution in [0.4, 0.5) is 0 Å². The summed E-state index contributed by atoms with van der Waals surface area (Å²) in [6.45, 7) is 0. The molecule has 2 aromatic carbocycles. The molecule has 2 amide bonds. The van der Waals surface area contributed by atoms with Crippen molar-refractivity contribution >= 4 is 11.8 Å². The Bertz CT molecular complexity index is 792. The Hall–Kier alpha value is -2.68. The molecule has 1 heterocycles. The van der Waals surface area contributed by atoms with Crippen LogP contribution in [0.3, 0.4) is 0 Å². The lowest BCUT2D eigenvalue weighted by Gasteiger charge is -2.29. The zero-order chi connectivity index (χ0) is 16.5. The minimum Gasteiger partial charge on any atom is -0.269 e. The molecule has 24 heavy (non-hydrogen) atoms. The Kier molecular flexibility index (Phi) is 3.77. The molecule has 2 aromatic rings. The molecule has 2 atom stereocenters. The number of carbonyl (C=O) groups is 2. The third kappa shape index (κ3) is 2.56. The third-order valence-electron chi connectivity index (χ3n) is 5.07. The predicted octanol–water partition coefficient (Wildman–Crippen LogP) is 3.46. The number of benzene rings is 2. The molecule has 4 rings (SSSR count). The molecule has 0 N–H and O–H groups in total. The van der Waals surface area contributed by atoms with Crippen molar-refractivity contribution < 1.29 is 9.59 Å². The SMILES string of the molecule is O=C1C=CC(=O)N1[C@@H]1c2ccccc2C[C@@H]1CCc1ccccc1. The van der Waals surface area contributed by atoms with Gasteiger partial charge >= 0.3 is 0 Å². The minimum atomic E-state index is -0.189. The molecule has 0 radical (unpaired) electrons. The molecular formula is C21H19NO2. The summed E-state index contributed by atoms with van der Waals surface area (Å²) in [7, 11) is 0. The summed E-state index contributed by atoms with van der Waals surface area (Å²) in [6.07, 6.45) is 5.61. The average Bonchev–Trinajstić information content (AvgIpc) is 3.13. The number of imide groups is 1. The number of nitrogens with zero attached hydrogens (tertiary/aromatic N) is 1. The molecule has 0 saturated carbocycles. The van der Waals surface area contributed by atoms with Crippen LogP contribution in [0.15, 0.2) is 66.7 Å². The van der Waals surface area contributed by atoms with Gasteiger partial charge in [-0.3, -0.25) is 14.5 Å². The number of aryl methyl sites for hydroxylation is 1. The fraction of sp³-hybridized carbons (Fsp3) is 0.238. The van der Waals surface area contributed by atoms with Crippen LogP contribution in [0.1, 0.15) is 29.2 Å². The van der Waals surface area contributed by atoms with Gasteiger partial charge in [-0.05, 0) is 41.9 Å². The van der Waals surface area contributed by atoms with E-state index in [1.54, 1.807) is 0 Å². The number of hydrogen-bond acceptors (Lipinski definition) is 2. The van der Waals surface area contributed by atoms with Crippen molar-refractivity contribution in [3.63, 3.8) is 0 Å². The van der Waals surface area contributed by atoms with Gasteiger partial charge in [0.25, 0.3) is 11.8 Å². The van der Waals surface area contributed by atoms with E-state index in [1.165, 1.54) is 28.2 Å². The molecule has 1 aliphatic heterocycles. The minimum absolute atomic E-state index is 0.139. The van der Waals surface area contributed by atoms with Crippen LogP contribution in [-0.2, 0) is 22.4 Å². The monoisotopic (exact) mass is 317 g/mol. The fourth-order valence-electron chi connectivity index (χ4n) is 3.95. The van der Waals surface area contributed by atoms with Crippen LogP contribution in [0.5, 0.6) is 0 Å². The first-order valence-electron chi connectivity index (χ1n) is 8.41. The van der Waals surface area contributed by atoms with Gasteiger partial charge in [0.1, 0.15) is 0 Å². The van der Waals surface area contributed by atoms with Crippen LogP contribution in [0.2, 0.25) is 0 Å². The second-order valence-corrected chi connectivity index (χ2v) is 6.51. The lowest BCUT2D eigenvalue weighted by molar-refractivity contribution is -0.140. The maximum Gasteiger partial charge on any atom is 0.254 e. The van der Waals surface area contributed by atoms with Crippen molar-refractivity contribution in [3.05, 3.63) is 83.4 Å². The maximum atomic E-state index is 12.2. The number of rotatable bonds is 4. The van der Waals surface area contributed by atoms with Gasteiger partial charge in [0, 0.05) is 12.2 Å². The molecule has 120 valence electrons. The summed E-state index contributed by atoms with van der Waals surface area (Å²) in [4.78, 5) is 25.9. The predicted molar refractivity (Wildman–Crippen MR) is 92.1 cm³/mol. The number of carbonyl (C=O) groups excluding carboxylic acids is 2. The zero-order valence-electron chi connectivity index (χ0n) is 13.4. The molecule has 0 spiro atoms. The first-order valence-corrected chi connectivity index (χ1v) is 8.41. The molecule has 2 aliphatic rings. The van der Waals surface area contributed by atoms with E-state index in [-0.39, 0.29) is 23.8 Å². The summed E-state index contributed by atoms with van der Waals surface area (Å²) < 4.78 is 0. The van der Waals surface area contributed by atoms with Gasteiger partial charge in [-0.1, -0.05) is 54.6 Å². The van der Waals surface area contributed by atoms with Crippen LogP contribution >= 0.6 is 0 Å². The largest absolute Gasteiger partial charge is 0.269 e. The van der Waals surface area contributed by atoms with E-state index >= 15 is 0 Å². The van der Waals surface area contributed by atoms with E-state index in [4.69, 9.17) is 0 Å². The van der Waals surface area contributed by atoms with E-state index in [2.05, 4.69) is 24.3 Å². The normalized spacial score (nSPS) is 22.2. The van der Waals surface area contributed by atoms with Crippen LogP contribution in [-0.4, -0.2) is 16.7 Å². The van der Waals surface area contributed by atoms with Crippen LogP contribution in [0.25, 0.3) is 0 Å². The number of hydrogen-bond donors (Lipinski definition) is 0. The van der Waals surface area contributed by atoms with Crippen molar-refractivity contribution in [2.75, 3.05) is 0 Å². The summed E-state index contributed by atoms with van der Waals surface area (Å²) in [5.74, 6) is -0.103. The van der Waals surface area contributed by atoms with E-state index < -0.39 is 0 Å². The van der Waals surface area contributed by atoms with Crippen LogP contribution in [0, 0.1) is 5.92 Å². The average molecular weight is 317 g/mol. The van der Waals surface area contributed by atoms with E-state index in [9.17, 15) is 9.59 Å². The summed E-state index contributed by atoms with van der Waals surface area (Å²) in [5.41, 5.74) is 3.68. The first-order chi connectivity index (χ1) is 11.7. The third-order valence-corrected chi connectivity index (χ3v) is 5.07. The van der Waals surface area contributed by atoms with E-state index in [0.29, 0.717) is 0 Å². The van der Waals surface area contributed by atoms with Crippen molar-refractivity contribution in [1.82, 2.24) is 4.90 Å². The second kappa shape index (κ2) is 6.08. The molecular weight excluding hydrogens is 298 g/mol. The van der Waals surface area contributed by atoms with Crippen molar-refractivity contribution in [2.24, 2.45) is 5.92 Å². The highest BCUT2D eigenvalue weighted by molar-refractivity contribution is 6.13. The second-order valence-electron chi connectivity index (χ2n) is 6.51. The van der Waals surface area contributed by atoms with Crippen molar-refractivity contribution in [3.8, 4) is 0 Å². The van der Waals surface area contributed by atoms with Gasteiger partial charge < -0.3 is 0 Å². The Morgan fingerprint density at radius 2 is 1.54 bits per heavy atom. The zero-order valence-corrected chi connectivity index (χ0v) is 13.4. The van der Waals surface area contributed by atoms with Crippen LogP contribution < -0.4 is 0 Å². The first kappa shape index (κ1) is 14.9. The highest BCUT2D eigenvalue weighted by Crippen LogP contribution is 2.43. The molecule has 0 unspecified atom stereocenters. The van der Waals surface area contributed by atoms with Gasteiger partial charge in [0.15, 0.2) is 0 Å². The van der Waals surface area contributed by atoms with Gasteiger partial charge in [-0.25, -0.2) is 0 Å². The van der Waals surface area contributed by atoms with Gasteiger partial charge in [-0.15, -0.1) is 0 Å². The van der Waals surface area contributed by atoms with E-state index in [0.717, 1.165) is 24.8 Å². The molecule has 1 aliphatic carbocycles. The Labute approximate surface area is 141 Å². The number of fused-ring (bicyclic) bond motifs is 1.